The number of hydrogen-bond donors (Lipinski definition) is 4. The van der Waals surface area contributed by atoms with Crippen LogP contribution in [0.1, 0.15) is 69.1 Å². The van der Waals surface area contributed by atoms with Crippen molar-refractivity contribution in [3.8, 4) is 5.75 Å². The van der Waals surface area contributed by atoms with Gasteiger partial charge in [0.05, 0.1) is 35.7 Å². The molecule has 0 aliphatic rings. The summed E-state index contributed by atoms with van der Waals surface area (Å²) in [5.74, 6) is -0.365. The third kappa shape index (κ3) is 8.16. The van der Waals surface area contributed by atoms with E-state index in [1.54, 1.807) is 31.7 Å². The largest absolute Gasteiger partial charge is 0.506 e. The number of phenols is 1. The van der Waals surface area contributed by atoms with Crippen molar-refractivity contribution in [1.82, 2.24) is 14.8 Å². The van der Waals surface area contributed by atoms with Crippen LogP contribution >= 0.6 is 0 Å². The van der Waals surface area contributed by atoms with Gasteiger partial charge in [-0.05, 0) is 77.3 Å². The van der Waals surface area contributed by atoms with Gasteiger partial charge in [0.2, 0.25) is 10.0 Å². The van der Waals surface area contributed by atoms with Gasteiger partial charge in [0.15, 0.2) is 0 Å². The van der Waals surface area contributed by atoms with Crippen molar-refractivity contribution in [2.24, 2.45) is 0 Å². The number of sulfonamides is 1. The summed E-state index contributed by atoms with van der Waals surface area (Å²) >= 11 is 0. The Morgan fingerprint density at radius 1 is 1.12 bits per heavy atom. The molecular weight excluding hydrogens is 560 g/mol. The van der Waals surface area contributed by atoms with Crippen molar-refractivity contribution in [2.75, 3.05) is 30.6 Å². The van der Waals surface area contributed by atoms with E-state index in [0.29, 0.717) is 30.6 Å². The molecule has 2 atom stereocenters. The molecule has 230 valence electrons. The molecule has 0 unspecified atom stereocenters. The number of fused-ring (bicyclic) bond motifs is 1. The van der Waals surface area contributed by atoms with Crippen molar-refractivity contribution >= 4 is 38.6 Å². The number of para-hydroxylation sites is 1. The molecule has 0 saturated carbocycles. The lowest BCUT2D eigenvalue weighted by atomic mass is 10.0. The van der Waals surface area contributed by atoms with Crippen LogP contribution in [0.4, 0.5) is 10.5 Å². The summed E-state index contributed by atoms with van der Waals surface area (Å²) in [4.78, 5) is 32.9. The maximum Gasteiger partial charge on any atom is 0.410 e. The first-order valence-corrected chi connectivity index (χ1v) is 15.8. The molecule has 1 heterocycles. The highest BCUT2D eigenvalue weighted by Crippen LogP contribution is 2.30. The number of carbonyl (C=O) groups is 2. The van der Waals surface area contributed by atoms with E-state index in [4.69, 9.17) is 4.74 Å². The number of amides is 2. The zero-order valence-electron chi connectivity index (χ0n) is 25.3. The van der Waals surface area contributed by atoms with E-state index in [1.807, 2.05) is 39.1 Å². The Morgan fingerprint density at radius 3 is 2.38 bits per heavy atom. The zero-order valence-corrected chi connectivity index (χ0v) is 26.1. The number of phenolic OH excluding ortho intramolecular Hbond substituents is 1. The summed E-state index contributed by atoms with van der Waals surface area (Å²) in [7, 11) is -3.68. The van der Waals surface area contributed by atoms with Gasteiger partial charge in [0, 0.05) is 30.7 Å². The minimum atomic E-state index is -3.68. The van der Waals surface area contributed by atoms with E-state index in [2.05, 4.69) is 9.71 Å². The predicted octanol–water partition coefficient (Wildman–Crippen LogP) is 4.63. The van der Waals surface area contributed by atoms with Crippen molar-refractivity contribution < 1.29 is 33.0 Å². The number of benzene rings is 2. The number of carbonyl (C=O) groups excluding carboxylic acids is 2. The van der Waals surface area contributed by atoms with E-state index in [0.717, 1.165) is 22.7 Å². The SMILES string of the molecule is CCN(CC)C(=O)c1cccc2c(C[C@@H](C)N(C[C@H](O)c3ccc(O)c(NS(C)(=O)=O)c3)C(=O)OC(C)(C)C)c[nH]c12. The number of aromatic amines is 1. The highest BCUT2D eigenvalue weighted by atomic mass is 32.2. The molecule has 0 radical (unpaired) electrons. The lowest BCUT2D eigenvalue weighted by Crippen LogP contribution is -2.45. The first-order chi connectivity index (χ1) is 19.5. The Kier molecular flexibility index (Phi) is 10.2. The average molecular weight is 603 g/mol. The maximum atomic E-state index is 13.4. The quantitative estimate of drug-likeness (QED) is 0.234. The standard InChI is InChI=1S/C30H42N4O7S/c1-8-33(9-2)28(37)23-12-10-11-22-21(17-31-27(22)23)15-19(3)34(29(38)41-30(4,5)6)18-26(36)20-13-14-25(35)24(16-20)32-42(7,39)40/h10-14,16-17,19,26,31-32,35-36H,8-9,15,18H2,1-7H3/t19-,26+/m1/s1. The third-order valence-corrected chi connectivity index (χ3v) is 7.42. The van der Waals surface area contributed by atoms with E-state index in [9.17, 15) is 28.2 Å². The van der Waals surface area contributed by atoms with Crippen LogP contribution in [0, 0.1) is 0 Å². The Hall–Kier alpha value is -3.77. The Bertz CT molecular complexity index is 1520. The van der Waals surface area contributed by atoms with Gasteiger partial charge >= 0.3 is 6.09 Å². The second-order valence-electron chi connectivity index (χ2n) is 11.4. The lowest BCUT2D eigenvalue weighted by Gasteiger charge is -2.33. The van der Waals surface area contributed by atoms with Crippen LogP contribution in [0.2, 0.25) is 0 Å². The number of anilines is 1. The van der Waals surface area contributed by atoms with Crippen LogP contribution in [0.3, 0.4) is 0 Å². The lowest BCUT2D eigenvalue weighted by molar-refractivity contribution is 0.00549. The fourth-order valence-corrected chi connectivity index (χ4v) is 5.32. The molecule has 0 fully saturated rings. The van der Waals surface area contributed by atoms with E-state index >= 15 is 0 Å². The molecule has 4 N–H and O–H groups in total. The summed E-state index contributed by atoms with van der Waals surface area (Å²) in [5, 5.41) is 22.1. The number of ether oxygens (including phenoxy) is 1. The van der Waals surface area contributed by atoms with Crippen molar-refractivity contribution in [1.29, 1.82) is 0 Å². The van der Waals surface area contributed by atoms with Crippen LogP contribution in [-0.4, -0.2) is 82.9 Å². The molecule has 11 nitrogen and oxygen atoms in total. The van der Waals surface area contributed by atoms with Crippen molar-refractivity contribution in [3.05, 3.63) is 59.3 Å². The van der Waals surface area contributed by atoms with Crippen LogP contribution in [-0.2, 0) is 21.2 Å². The number of aromatic hydroxyl groups is 1. The number of H-pyrrole nitrogens is 1. The molecule has 2 aromatic carbocycles. The fourth-order valence-electron chi connectivity index (χ4n) is 4.76. The first kappa shape index (κ1) is 32.7. The number of rotatable bonds is 11. The monoisotopic (exact) mass is 602 g/mol. The van der Waals surface area contributed by atoms with Gasteiger partial charge in [-0.25, -0.2) is 13.2 Å². The molecular formula is C30H42N4O7S. The molecule has 0 saturated heterocycles. The smallest absolute Gasteiger partial charge is 0.410 e. The summed E-state index contributed by atoms with van der Waals surface area (Å²) in [6.45, 7) is 12.0. The number of aliphatic hydroxyl groups excluding tert-OH is 1. The van der Waals surface area contributed by atoms with Gasteiger partial charge in [0.1, 0.15) is 11.4 Å². The zero-order chi connectivity index (χ0) is 31.4. The summed E-state index contributed by atoms with van der Waals surface area (Å²) < 4.78 is 31.3. The van der Waals surface area contributed by atoms with E-state index in [1.165, 1.54) is 23.1 Å². The van der Waals surface area contributed by atoms with E-state index < -0.39 is 33.9 Å². The summed E-state index contributed by atoms with van der Waals surface area (Å²) in [5.41, 5.74) is 1.60. The number of aromatic nitrogens is 1. The average Bonchev–Trinajstić information content (AvgIpc) is 3.29. The summed E-state index contributed by atoms with van der Waals surface area (Å²) in [6, 6.07) is 9.17. The minimum absolute atomic E-state index is 0.0656. The molecule has 3 rings (SSSR count). The minimum Gasteiger partial charge on any atom is -0.506 e. The molecule has 0 spiro atoms. The van der Waals surface area contributed by atoms with Gasteiger partial charge in [0.25, 0.3) is 5.91 Å². The van der Waals surface area contributed by atoms with Crippen molar-refractivity contribution in [3.63, 3.8) is 0 Å². The van der Waals surface area contributed by atoms with Gasteiger partial charge in [-0.15, -0.1) is 0 Å². The molecule has 12 heteroatoms. The molecule has 1 aromatic heterocycles. The predicted molar refractivity (Wildman–Crippen MR) is 163 cm³/mol. The second kappa shape index (κ2) is 13.0. The Labute approximate surface area is 247 Å². The van der Waals surface area contributed by atoms with E-state index in [-0.39, 0.29) is 23.9 Å². The van der Waals surface area contributed by atoms with Crippen LogP contribution in [0.15, 0.2) is 42.6 Å². The van der Waals surface area contributed by atoms with Crippen LogP contribution in [0.5, 0.6) is 5.75 Å². The van der Waals surface area contributed by atoms with Crippen molar-refractivity contribution in [2.45, 2.75) is 65.7 Å². The summed E-state index contributed by atoms with van der Waals surface area (Å²) in [6.07, 6.45) is 1.33. The normalized spacial score (nSPS) is 13.4. The van der Waals surface area contributed by atoms with Gasteiger partial charge in [-0.2, -0.15) is 0 Å². The molecule has 2 amide bonds. The number of aliphatic hydroxyl groups is 1. The molecule has 0 bridgehead atoms. The third-order valence-electron chi connectivity index (χ3n) is 6.83. The van der Waals surface area contributed by atoms with Gasteiger partial charge in [-0.3, -0.25) is 9.52 Å². The second-order valence-corrected chi connectivity index (χ2v) is 13.1. The topological polar surface area (TPSA) is 152 Å². The Balaban J connectivity index is 1.92. The Morgan fingerprint density at radius 2 is 1.79 bits per heavy atom. The highest BCUT2D eigenvalue weighted by Gasteiger charge is 2.30. The number of hydrogen-bond acceptors (Lipinski definition) is 7. The van der Waals surface area contributed by atoms with Crippen LogP contribution in [0.25, 0.3) is 10.9 Å². The molecule has 0 aliphatic carbocycles. The van der Waals surface area contributed by atoms with Gasteiger partial charge < -0.3 is 29.7 Å². The number of nitrogens with one attached hydrogen (secondary N) is 2. The number of nitrogens with zero attached hydrogens (tertiary/aromatic N) is 2. The van der Waals surface area contributed by atoms with Crippen LogP contribution < -0.4 is 4.72 Å². The molecule has 0 aliphatic heterocycles. The fraction of sp³-hybridized carbons (Fsp3) is 0.467. The first-order valence-electron chi connectivity index (χ1n) is 13.9. The molecule has 3 aromatic rings. The van der Waals surface area contributed by atoms with Gasteiger partial charge in [-0.1, -0.05) is 18.2 Å². The molecule has 42 heavy (non-hydrogen) atoms. The highest BCUT2D eigenvalue weighted by molar-refractivity contribution is 7.92. The maximum absolute atomic E-state index is 13.4.